The predicted octanol–water partition coefficient (Wildman–Crippen LogP) is 3.27. The summed E-state index contributed by atoms with van der Waals surface area (Å²) in [4.78, 5) is 3.14. The molecule has 21 heavy (non-hydrogen) atoms. The molecule has 0 radical (unpaired) electrons. The maximum Gasteiger partial charge on any atom is 0.161 e. The van der Waals surface area contributed by atoms with Crippen molar-refractivity contribution in [2.75, 3.05) is 14.2 Å². The van der Waals surface area contributed by atoms with Crippen molar-refractivity contribution in [2.24, 2.45) is 0 Å². The number of benzene rings is 2. The monoisotopic (exact) mass is 283 g/mol. The average molecular weight is 283 g/mol. The maximum absolute atomic E-state index is 10.6. The van der Waals surface area contributed by atoms with Gasteiger partial charge in [-0.05, 0) is 46.8 Å². The Morgan fingerprint density at radius 3 is 2.38 bits per heavy atom. The summed E-state index contributed by atoms with van der Waals surface area (Å²) >= 11 is 0. The van der Waals surface area contributed by atoms with Crippen molar-refractivity contribution in [2.45, 2.75) is 6.10 Å². The number of methoxy groups -OCH3 is 2. The highest BCUT2D eigenvalue weighted by atomic mass is 16.5. The first kappa shape index (κ1) is 13.5. The van der Waals surface area contributed by atoms with Crippen LogP contribution in [0.25, 0.3) is 10.9 Å². The van der Waals surface area contributed by atoms with E-state index in [-0.39, 0.29) is 0 Å². The number of hydrogen-bond donors (Lipinski definition) is 2. The number of H-pyrrole nitrogens is 1. The third-order valence-electron chi connectivity index (χ3n) is 3.62. The molecule has 2 N–H and O–H groups in total. The molecule has 108 valence electrons. The van der Waals surface area contributed by atoms with E-state index in [1.54, 1.807) is 26.4 Å². The van der Waals surface area contributed by atoms with E-state index < -0.39 is 6.10 Å². The van der Waals surface area contributed by atoms with E-state index in [1.807, 2.05) is 36.5 Å². The number of nitrogens with one attached hydrogen (secondary N) is 1. The van der Waals surface area contributed by atoms with Gasteiger partial charge in [0, 0.05) is 11.7 Å². The lowest BCUT2D eigenvalue weighted by Gasteiger charge is -2.14. The van der Waals surface area contributed by atoms with Crippen molar-refractivity contribution >= 4 is 10.9 Å². The second-order valence-corrected chi connectivity index (χ2v) is 4.84. The predicted molar refractivity (Wildman–Crippen MR) is 81.9 cm³/mol. The van der Waals surface area contributed by atoms with Crippen molar-refractivity contribution in [3.63, 3.8) is 0 Å². The Kier molecular flexibility index (Phi) is 3.54. The van der Waals surface area contributed by atoms with Crippen LogP contribution in [0.1, 0.15) is 17.2 Å². The summed E-state index contributed by atoms with van der Waals surface area (Å²) < 4.78 is 10.5. The number of ether oxygens (including phenoxy) is 2. The molecule has 0 aliphatic rings. The van der Waals surface area contributed by atoms with Gasteiger partial charge in [-0.1, -0.05) is 12.1 Å². The minimum absolute atomic E-state index is 0.608. The first-order valence-corrected chi connectivity index (χ1v) is 6.70. The summed E-state index contributed by atoms with van der Waals surface area (Å²) in [5.74, 6) is 1.26. The third kappa shape index (κ3) is 2.45. The van der Waals surface area contributed by atoms with Gasteiger partial charge in [-0.3, -0.25) is 0 Å². The standard InChI is InChI=1S/C17H17NO3/c1-20-15-6-4-13(10-16(15)21-2)17(19)12-3-5-14-11(9-12)7-8-18-14/h3-10,17-19H,1-2H3. The summed E-state index contributed by atoms with van der Waals surface area (Å²) in [7, 11) is 3.17. The molecule has 0 bridgehead atoms. The number of aromatic amines is 1. The molecule has 3 aromatic rings. The van der Waals surface area contributed by atoms with Crippen molar-refractivity contribution < 1.29 is 14.6 Å². The molecule has 4 nitrogen and oxygen atoms in total. The zero-order chi connectivity index (χ0) is 14.8. The Morgan fingerprint density at radius 2 is 1.62 bits per heavy atom. The molecule has 0 amide bonds. The van der Waals surface area contributed by atoms with Crippen LogP contribution in [0.4, 0.5) is 0 Å². The minimum Gasteiger partial charge on any atom is -0.493 e. The van der Waals surface area contributed by atoms with Crippen LogP contribution in [0, 0.1) is 0 Å². The van der Waals surface area contributed by atoms with Crippen molar-refractivity contribution in [1.82, 2.24) is 4.98 Å². The molecule has 4 heteroatoms. The normalized spacial score (nSPS) is 12.3. The fourth-order valence-electron chi connectivity index (χ4n) is 2.46. The van der Waals surface area contributed by atoms with E-state index in [2.05, 4.69) is 4.98 Å². The van der Waals surface area contributed by atoms with Crippen LogP contribution < -0.4 is 9.47 Å². The number of hydrogen-bond acceptors (Lipinski definition) is 3. The number of fused-ring (bicyclic) bond motifs is 1. The van der Waals surface area contributed by atoms with Gasteiger partial charge in [0.25, 0.3) is 0 Å². The fourth-order valence-corrected chi connectivity index (χ4v) is 2.46. The van der Waals surface area contributed by atoms with Crippen molar-refractivity contribution in [3.05, 3.63) is 59.8 Å². The van der Waals surface area contributed by atoms with Crippen LogP contribution in [-0.4, -0.2) is 24.3 Å². The van der Waals surface area contributed by atoms with Crippen molar-refractivity contribution in [3.8, 4) is 11.5 Å². The van der Waals surface area contributed by atoms with Gasteiger partial charge in [0.05, 0.1) is 14.2 Å². The maximum atomic E-state index is 10.6. The largest absolute Gasteiger partial charge is 0.493 e. The van der Waals surface area contributed by atoms with Crippen LogP contribution in [0.3, 0.4) is 0 Å². The summed E-state index contributed by atoms with van der Waals surface area (Å²) in [6.07, 6.45) is 1.18. The van der Waals surface area contributed by atoms with Gasteiger partial charge in [-0.2, -0.15) is 0 Å². The highest BCUT2D eigenvalue weighted by Crippen LogP contribution is 2.32. The number of aliphatic hydroxyl groups is 1. The lowest BCUT2D eigenvalue weighted by molar-refractivity contribution is 0.219. The lowest BCUT2D eigenvalue weighted by Crippen LogP contribution is -2.01. The molecule has 0 saturated carbocycles. The summed E-state index contributed by atoms with van der Waals surface area (Å²) in [6, 6.07) is 13.3. The van der Waals surface area contributed by atoms with Gasteiger partial charge in [-0.15, -0.1) is 0 Å². The molecule has 2 aromatic carbocycles. The molecular formula is C17H17NO3. The number of aromatic nitrogens is 1. The van der Waals surface area contributed by atoms with E-state index in [1.165, 1.54) is 0 Å². The van der Waals surface area contributed by atoms with Gasteiger partial charge in [0.15, 0.2) is 11.5 Å². The second kappa shape index (κ2) is 5.50. The van der Waals surface area contributed by atoms with Crippen LogP contribution >= 0.6 is 0 Å². The Balaban J connectivity index is 1.98. The zero-order valence-electron chi connectivity index (χ0n) is 12.0. The summed E-state index contributed by atoms with van der Waals surface area (Å²) in [5.41, 5.74) is 2.66. The molecule has 0 spiro atoms. The number of aliphatic hydroxyl groups excluding tert-OH is 1. The van der Waals surface area contributed by atoms with E-state index in [0.29, 0.717) is 11.5 Å². The molecule has 0 fully saturated rings. The van der Waals surface area contributed by atoms with E-state index in [0.717, 1.165) is 22.0 Å². The summed E-state index contributed by atoms with van der Waals surface area (Å²) in [6.45, 7) is 0. The topological polar surface area (TPSA) is 54.5 Å². The molecule has 0 aliphatic heterocycles. The molecule has 1 heterocycles. The van der Waals surface area contributed by atoms with Crippen LogP contribution in [0.15, 0.2) is 48.7 Å². The molecule has 0 saturated heterocycles. The van der Waals surface area contributed by atoms with Gasteiger partial charge >= 0.3 is 0 Å². The highest BCUT2D eigenvalue weighted by Gasteiger charge is 2.14. The van der Waals surface area contributed by atoms with Gasteiger partial charge in [0.2, 0.25) is 0 Å². The second-order valence-electron chi connectivity index (χ2n) is 4.84. The van der Waals surface area contributed by atoms with Crippen molar-refractivity contribution in [1.29, 1.82) is 0 Å². The Morgan fingerprint density at radius 1 is 0.905 bits per heavy atom. The first-order valence-electron chi connectivity index (χ1n) is 6.70. The number of rotatable bonds is 4. The van der Waals surface area contributed by atoms with Gasteiger partial charge in [-0.25, -0.2) is 0 Å². The first-order chi connectivity index (χ1) is 10.2. The average Bonchev–Trinajstić information content (AvgIpc) is 3.00. The highest BCUT2D eigenvalue weighted by molar-refractivity contribution is 5.80. The quantitative estimate of drug-likeness (QED) is 0.772. The van der Waals surface area contributed by atoms with Crippen LogP contribution in [0.5, 0.6) is 11.5 Å². The van der Waals surface area contributed by atoms with Gasteiger partial charge in [0.1, 0.15) is 6.10 Å². The van der Waals surface area contributed by atoms with E-state index in [4.69, 9.17) is 9.47 Å². The molecule has 1 unspecified atom stereocenters. The Hall–Kier alpha value is -2.46. The van der Waals surface area contributed by atoms with Crippen LogP contribution in [0.2, 0.25) is 0 Å². The lowest BCUT2D eigenvalue weighted by atomic mass is 10.00. The third-order valence-corrected chi connectivity index (χ3v) is 3.62. The Bertz CT molecular complexity index is 764. The summed E-state index contributed by atoms with van der Waals surface area (Å²) in [5, 5.41) is 11.6. The fraction of sp³-hybridized carbons (Fsp3) is 0.176. The van der Waals surface area contributed by atoms with E-state index >= 15 is 0 Å². The molecule has 1 atom stereocenters. The van der Waals surface area contributed by atoms with Gasteiger partial charge < -0.3 is 19.6 Å². The SMILES string of the molecule is COc1ccc(C(O)c2ccc3[nH]ccc3c2)cc1OC. The molecule has 3 rings (SSSR count). The Labute approximate surface area is 122 Å². The zero-order valence-corrected chi connectivity index (χ0v) is 12.0. The smallest absolute Gasteiger partial charge is 0.161 e. The molecule has 0 aliphatic carbocycles. The molecular weight excluding hydrogens is 266 g/mol. The van der Waals surface area contributed by atoms with E-state index in [9.17, 15) is 5.11 Å². The minimum atomic E-state index is -0.705. The van der Waals surface area contributed by atoms with Crippen LogP contribution in [-0.2, 0) is 0 Å². The molecule has 1 aromatic heterocycles.